The maximum Gasteiger partial charge on any atom is 0.155 e. The van der Waals surface area contributed by atoms with Crippen LogP contribution < -0.4 is 0 Å². The number of nitriles is 1. The Morgan fingerprint density at radius 3 is 2.88 bits per heavy atom. The van der Waals surface area contributed by atoms with Gasteiger partial charge in [-0.2, -0.15) is 5.26 Å². The molecule has 4 nitrogen and oxygen atoms in total. The lowest BCUT2D eigenvalue weighted by molar-refractivity contribution is -0.114. The highest BCUT2D eigenvalue weighted by atomic mass is 16.5. The summed E-state index contributed by atoms with van der Waals surface area (Å²) in [6.07, 6.45) is 11.5. The second-order valence-electron chi connectivity index (χ2n) is 7.31. The standard InChI is InChI=1S/C20H31NO3/c1-2-3-4-7-16(22)8-9-18-19-14-17(24-11-6-5-10-21)12-15(19)13-20(18)23/h8-9,15,17-20,23H,2-7,11-14H2,1H3/t15-,17+,18-,19-,20-/m1/s1. The Morgan fingerprint density at radius 1 is 1.29 bits per heavy atom. The first-order valence-electron chi connectivity index (χ1n) is 9.53. The summed E-state index contributed by atoms with van der Waals surface area (Å²) in [5.74, 6) is 1.21. The number of hydrogen-bond acceptors (Lipinski definition) is 4. The van der Waals surface area contributed by atoms with E-state index >= 15 is 0 Å². The molecule has 2 aliphatic rings. The number of carbonyl (C=O) groups is 1. The van der Waals surface area contributed by atoms with Gasteiger partial charge in [-0.25, -0.2) is 0 Å². The minimum atomic E-state index is -0.320. The molecule has 0 amide bonds. The predicted molar refractivity (Wildman–Crippen MR) is 93.2 cm³/mol. The summed E-state index contributed by atoms with van der Waals surface area (Å²) >= 11 is 0. The van der Waals surface area contributed by atoms with Crippen molar-refractivity contribution in [2.45, 2.75) is 76.9 Å². The fraction of sp³-hybridized carbons (Fsp3) is 0.800. The van der Waals surface area contributed by atoms with Crippen molar-refractivity contribution in [1.29, 1.82) is 5.26 Å². The summed E-state index contributed by atoms with van der Waals surface area (Å²) < 4.78 is 5.89. The average molecular weight is 333 g/mol. The fourth-order valence-corrected chi connectivity index (χ4v) is 4.26. The van der Waals surface area contributed by atoms with Gasteiger partial charge in [0.1, 0.15) is 0 Å². The summed E-state index contributed by atoms with van der Waals surface area (Å²) in [5, 5.41) is 18.9. The molecule has 1 N–H and O–H groups in total. The van der Waals surface area contributed by atoms with Crippen LogP contribution in [-0.4, -0.2) is 29.7 Å². The van der Waals surface area contributed by atoms with E-state index in [-0.39, 0.29) is 23.9 Å². The maximum atomic E-state index is 11.9. The molecule has 0 aromatic rings. The Morgan fingerprint density at radius 2 is 2.12 bits per heavy atom. The molecule has 0 aromatic heterocycles. The van der Waals surface area contributed by atoms with Gasteiger partial charge in [-0.3, -0.25) is 4.79 Å². The molecule has 134 valence electrons. The lowest BCUT2D eigenvalue weighted by Gasteiger charge is -2.19. The van der Waals surface area contributed by atoms with Gasteiger partial charge in [0.2, 0.25) is 0 Å². The molecule has 0 aliphatic heterocycles. The van der Waals surface area contributed by atoms with Crippen molar-refractivity contribution in [3.05, 3.63) is 12.2 Å². The van der Waals surface area contributed by atoms with Crippen LogP contribution in [0.5, 0.6) is 0 Å². The Hall–Kier alpha value is -1.18. The first kappa shape index (κ1) is 19.1. The number of ether oxygens (including phenoxy) is 1. The molecule has 0 bridgehead atoms. The first-order valence-corrected chi connectivity index (χ1v) is 9.53. The zero-order valence-electron chi connectivity index (χ0n) is 14.8. The number of aliphatic hydroxyl groups is 1. The van der Waals surface area contributed by atoms with Crippen LogP contribution in [0.15, 0.2) is 12.2 Å². The quantitative estimate of drug-likeness (QED) is 0.488. The molecule has 0 saturated heterocycles. The molecule has 2 saturated carbocycles. The van der Waals surface area contributed by atoms with Crippen LogP contribution in [0.4, 0.5) is 0 Å². The van der Waals surface area contributed by atoms with Gasteiger partial charge in [-0.15, -0.1) is 0 Å². The minimum absolute atomic E-state index is 0.0952. The minimum Gasteiger partial charge on any atom is -0.392 e. The SMILES string of the molecule is CCCCCC(=O)C=C[C@@H]1[C@@H]2C[C@@H](OCCCC#N)C[C@@H]2C[C@H]1O. The number of allylic oxidation sites excluding steroid dienone is 1. The topological polar surface area (TPSA) is 70.3 Å². The van der Waals surface area contributed by atoms with Crippen LogP contribution in [0, 0.1) is 29.1 Å². The number of unbranched alkanes of at least 4 members (excludes halogenated alkanes) is 3. The molecule has 2 fully saturated rings. The van der Waals surface area contributed by atoms with E-state index in [0.29, 0.717) is 31.3 Å². The van der Waals surface area contributed by atoms with E-state index in [2.05, 4.69) is 13.0 Å². The third-order valence-corrected chi connectivity index (χ3v) is 5.51. The van der Waals surface area contributed by atoms with Gasteiger partial charge in [-0.1, -0.05) is 25.8 Å². The number of carbonyl (C=O) groups excluding carboxylic acids is 1. The van der Waals surface area contributed by atoms with Crippen LogP contribution in [0.3, 0.4) is 0 Å². The van der Waals surface area contributed by atoms with Gasteiger partial charge >= 0.3 is 0 Å². The van der Waals surface area contributed by atoms with Crippen LogP contribution >= 0.6 is 0 Å². The zero-order valence-corrected chi connectivity index (χ0v) is 14.8. The number of rotatable bonds is 10. The second-order valence-corrected chi connectivity index (χ2v) is 7.31. The monoisotopic (exact) mass is 333 g/mol. The molecule has 0 heterocycles. The summed E-state index contributed by atoms with van der Waals surface area (Å²) in [5.41, 5.74) is 0. The van der Waals surface area contributed by atoms with E-state index in [1.54, 1.807) is 6.08 Å². The van der Waals surface area contributed by atoms with E-state index in [1.165, 1.54) is 0 Å². The molecule has 0 radical (unpaired) electrons. The number of fused-ring (bicyclic) bond motifs is 1. The van der Waals surface area contributed by atoms with E-state index < -0.39 is 0 Å². The van der Waals surface area contributed by atoms with Gasteiger partial charge in [0.05, 0.1) is 18.3 Å². The molecule has 0 spiro atoms. The highest BCUT2D eigenvalue weighted by Crippen LogP contribution is 2.49. The fourth-order valence-electron chi connectivity index (χ4n) is 4.26. The summed E-state index contributed by atoms with van der Waals surface area (Å²) in [7, 11) is 0. The lowest BCUT2D eigenvalue weighted by atomic mass is 9.90. The molecule has 0 aromatic carbocycles. The highest BCUT2D eigenvalue weighted by Gasteiger charge is 2.47. The highest BCUT2D eigenvalue weighted by molar-refractivity contribution is 5.89. The molecule has 4 heteroatoms. The van der Waals surface area contributed by atoms with E-state index in [4.69, 9.17) is 10.00 Å². The molecule has 24 heavy (non-hydrogen) atoms. The third kappa shape index (κ3) is 5.43. The molecule has 2 aliphatic carbocycles. The molecular weight excluding hydrogens is 302 g/mol. The predicted octanol–water partition coefficient (Wildman–Crippen LogP) is 3.79. The van der Waals surface area contributed by atoms with Gasteiger partial charge in [0, 0.05) is 25.4 Å². The summed E-state index contributed by atoms with van der Waals surface area (Å²) in [6, 6.07) is 2.14. The smallest absolute Gasteiger partial charge is 0.155 e. The van der Waals surface area contributed by atoms with Crippen molar-refractivity contribution in [1.82, 2.24) is 0 Å². The average Bonchev–Trinajstić information content (AvgIpc) is 3.06. The third-order valence-electron chi connectivity index (χ3n) is 5.51. The molecule has 0 unspecified atom stereocenters. The number of ketones is 1. The van der Waals surface area contributed by atoms with Gasteiger partial charge in [0.15, 0.2) is 5.78 Å². The van der Waals surface area contributed by atoms with Crippen LogP contribution in [-0.2, 0) is 9.53 Å². The van der Waals surface area contributed by atoms with Crippen molar-refractivity contribution in [3.8, 4) is 6.07 Å². The zero-order chi connectivity index (χ0) is 17.4. The first-order chi connectivity index (χ1) is 11.7. The number of hydrogen-bond donors (Lipinski definition) is 1. The van der Waals surface area contributed by atoms with E-state index in [1.807, 2.05) is 6.08 Å². The van der Waals surface area contributed by atoms with Crippen molar-refractivity contribution in [2.24, 2.45) is 17.8 Å². The number of aliphatic hydroxyl groups excluding tert-OH is 1. The van der Waals surface area contributed by atoms with Crippen LogP contribution in [0.1, 0.15) is 64.7 Å². The Balaban J connectivity index is 1.79. The van der Waals surface area contributed by atoms with Crippen molar-refractivity contribution >= 4 is 5.78 Å². The molecule has 5 atom stereocenters. The Bertz CT molecular complexity index is 468. The van der Waals surface area contributed by atoms with Crippen molar-refractivity contribution < 1.29 is 14.6 Å². The van der Waals surface area contributed by atoms with Crippen LogP contribution in [0.25, 0.3) is 0 Å². The Labute approximate surface area is 145 Å². The normalized spacial score (nSPS) is 32.1. The second kappa shape index (κ2) is 9.96. The van der Waals surface area contributed by atoms with Crippen LogP contribution in [0.2, 0.25) is 0 Å². The molecule has 2 rings (SSSR count). The van der Waals surface area contributed by atoms with E-state index in [0.717, 1.165) is 44.9 Å². The van der Waals surface area contributed by atoms with Crippen molar-refractivity contribution in [2.75, 3.05) is 6.61 Å². The number of nitrogens with zero attached hydrogens (tertiary/aromatic N) is 1. The van der Waals surface area contributed by atoms with E-state index in [9.17, 15) is 9.90 Å². The van der Waals surface area contributed by atoms with Gasteiger partial charge in [0.25, 0.3) is 0 Å². The van der Waals surface area contributed by atoms with Gasteiger partial charge in [-0.05, 0) is 50.0 Å². The largest absolute Gasteiger partial charge is 0.392 e. The van der Waals surface area contributed by atoms with Gasteiger partial charge < -0.3 is 9.84 Å². The maximum absolute atomic E-state index is 11.9. The molecular formula is C20H31NO3. The lowest BCUT2D eigenvalue weighted by Crippen LogP contribution is -2.20. The van der Waals surface area contributed by atoms with Crippen molar-refractivity contribution in [3.63, 3.8) is 0 Å². The Kier molecular flexibility index (Phi) is 7.94. The summed E-state index contributed by atoms with van der Waals surface area (Å²) in [4.78, 5) is 11.9. The summed E-state index contributed by atoms with van der Waals surface area (Å²) in [6.45, 7) is 2.78.